The molecule has 0 spiro atoms. The number of thioether (sulfide) groups is 1. The number of aldehydes is 1. The van der Waals surface area contributed by atoms with Crippen LogP contribution in [0, 0.1) is 11.8 Å². The first-order valence-electron chi connectivity index (χ1n) is 13.7. The molecule has 0 saturated heterocycles. The first kappa shape index (κ1) is 29.7. The van der Waals surface area contributed by atoms with Crippen LogP contribution in [0.1, 0.15) is 67.6 Å². The highest BCUT2D eigenvalue weighted by molar-refractivity contribution is 8.02. The van der Waals surface area contributed by atoms with Gasteiger partial charge in [0.25, 0.3) is 5.91 Å². The molecule has 5 rings (SSSR count). The Bertz CT molecular complexity index is 1380. The molecule has 12 nitrogen and oxygen atoms in total. The Morgan fingerprint density at radius 3 is 2.79 bits per heavy atom. The van der Waals surface area contributed by atoms with Crippen molar-refractivity contribution >= 4 is 29.9 Å². The first-order chi connectivity index (χ1) is 20.3. The Labute approximate surface area is 245 Å². The van der Waals surface area contributed by atoms with Gasteiger partial charge in [0.05, 0.1) is 24.4 Å². The molecule has 5 N–H and O–H groups in total. The summed E-state index contributed by atoms with van der Waals surface area (Å²) in [5, 5.41) is 13.4. The second kappa shape index (κ2) is 13.4. The fourth-order valence-corrected chi connectivity index (χ4v) is 5.94. The van der Waals surface area contributed by atoms with Crippen molar-refractivity contribution in [2.75, 3.05) is 0 Å². The van der Waals surface area contributed by atoms with Crippen LogP contribution < -0.4 is 21.8 Å². The Morgan fingerprint density at radius 1 is 1.24 bits per heavy atom. The number of rotatable bonds is 10. The van der Waals surface area contributed by atoms with E-state index >= 15 is 0 Å². The van der Waals surface area contributed by atoms with Crippen LogP contribution in [-0.2, 0) is 25.9 Å². The standard InChI is InChI=1S/C27H32F2N8O4S/c28-19-7-8-22(29)34-24(19)25-20(12-37(35-25)18-5-3-1-2-4-6-18)32-26(40)21-14-42-27(33-21)16-10-31-36(11-16)15-41-23(39)9-17(30)13-38/h7-8,10-14,17-18,25,27,33,35H,1-6,9,15,30H2,(H,32,40). The summed E-state index contributed by atoms with van der Waals surface area (Å²) >= 11 is 1.35. The largest absolute Gasteiger partial charge is 0.442 e. The number of esters is 1. The van der Waals surface area contributed by atoms with Crippen molar-refractivity contribution in [2.24, 2.45) is 5.73 Å². The van der Waals surface area contributed by atoms with Crippen LogP contribution in [-0.4, -0.2) is 50.0 Å². The zero-order valence-electron chi connectivity index (χ0n) is 22.7. The summed E-state index contributed by atoms with van der Waals surface area (Å²) in [4.78, 5) is 39.4. The number of nitrogens with one attached hydrogen (secondary N) is 3. The number of halogens is 2. The third-order valence-electron chi connectivity index (χ3n) is 7.20. The van der Waals surface area contributed by atoms with E-state index in [2.05, 4.69) is 26.1 Å². The Kier molecular flexibility index (Phi) is 9.49. The number of amides is 1. The number of carbonyl (C=O) groups is 3. The Balaban J connectivity index is 1.23. The van der Waals surface area contributed by atoms with E-state index in [9.17, 15) is 23.2 Å². The number of hydrogen-bond donors (Lipinski definition) is 4. The van der Waals surface area contributed by atoms with Crippen molar-refractivity contribution in [3.63, 3.8) is 0 Å². The number of aromatic nitrogens is 3. The number of ether oxygens (including phenoxy) is 1. The van der Waals surface area contributed by atoms with Gasteiger partial charge in [-0.3, -0.25) is 9.59 Å². The molecule has 3 aliphatic rings. The fourth-order valence-electron chi connectivity index (χ4n) is 5.02. The van der Waals surface area contributed by atoms with Gasteiger partial charge in [-0.25, -0.2) is 19.5 Å². The van der Waals surface area contributed by atoms with Crippen LogP contribution in [0.2, 0.25) is 0 Å². The molecule has 1 amide bonds. The molecule has 1 fully saturated rings. The molecule has 0 aromatic carbocycles. The average Bonchev–Trinajstić information content (AvgIpc) is 3.70. The van der Waals surface area contributed by atoms with Crippen LogP contribution in [0.15, 0.2) is 47.5 Å². The molecule has 0 bridgehead atoms. The van der Waals surface area contributed by atoms with Gasteiger partial charge in [-0.15, -0.1) is 11.8 Å². The van der Waals surface area contributed by atoms with Crippen molar-refractivity contribution in [2.45, 2.75) is 75.2 Å². The lowest BCUT2D eigenvalue weighted by molar-refractivity contribution is -0.148. The van der Waals surface area contributed by atoms with Gasteiger partial charge in [-0.05, 0) is 25.0 Å². The van der Waals surface area contributed by atoms with E-state index in [0.29, 0.717) is 12.0 Å². The monoisotopic (exact) mass is 602 g/mol. The van der Waals surface area contributed by atoms with Gasteiger partial charge in [0, 0.05) is 29.4 Å². The fraction of sp³-hybridized carbons (Fsp3) is 0.444. The molecule has 2 aromatic heterocycles. The van der Waals surface area contributed by atoms with Crippen molar-refractivity contribution in [1.29, 1.82) is 0 Å². The number of nitrogens with two attached hydrogens (primary N) is 1. The van der Waals surface area contributed by atoms with Gasteiger partial charge in [-0.1, -0.05) is 25.7 Å². The van der Waals surface area contributed by atoms with Gasteiger partial charge in [0.15, 0.2) is 6.73 Å². The maximum Gasteiger partial charge on any atom is 0.309 e. The summed E-state index contributed by atoms with van der Waals surface area (Å²) in [5.41, 5.74) is 9.89. The molecular formula is C27H32F2N8O4S. The maximum absolute atomic E-state index is 14.8. The predicted molar refractivity (Wildman–Crippen MR) is 148 cm³/mol. The van der Waals surface area contributed by atoms with Crippen LogP contribution in [0.3, 0.4) is 0 Å². The van der Waals surface area contributed by atoms with E-state index in [1.54, 1.807) is 24.0 Å². The lowest BCUT2D eigenvalue weighted by atomic mass is 10.1. The van der Waals surface area contributed by atoms with Gasteiger partial charge in [0.2, 0.25) is 5.95 Å². The summed E-state index contributed by atoms with van der Waals surface area (Å²) in [5.74, 6) is -2.57. The number of pyridine rings is 1. The van der Waals surface area contributed by atoms with Crippen LogP contribution in [0.5, 0.6) is 0 Å². The summed E-state index contributed by atoms with van der Waals surface area (Å²) in [6.07, 6.45) is 11.6. The first-order valence-corrected chi connectivity index (χ1v) is 14.7. The highest BCUT2D eigenvalue weighted by Crippen LogP contribution is 2.35. The van der Waals surface area contributed by atoms with Crippen molar-refractivity contribution in [1.82, 2.24) is 35.8 Å². The van der Waals surface area contributed by atoms with Gasteiger partial charge >= 0.3 is 5.97 Å². The maximum atomic E-state index is 14.8. The topological polar surface area (TPSA) is 156 Å². The van der Waals surface area contributed by atoms with E-state index in [-0.39, 0.29) is 36.0 Å². The highest BCUT2D eigenvalue weighted by atomic mass is 32.2. The zero-order valence-corrected chi connectivity index (χ0v) is 23.5. The molecule has 1 aliphatic carbocycles. The third-order valence-corrected chi connectivity index (χ3v) is 8.23. The molecule has 2 aliphatic heterocycles. The molecule has 1 saturated carbocycles. The minimum atomic E-state index is -0.921. The molecule has 4 heterocycles. The molecule has 2 aromatic rings. The van der Waals surface area contributed by atoms with Crippen molar-refractivity contribution < 1.29 is 27.9 Å². The van der Waals surface area contributed by atoms with Crippen molar-refractivity contribution in [3.8, 4) is 0 Å². The minimum absolute atomic E-state index is 0.139. The van der Waals surface area contributed by atoms with E-state index < -0.39 is 35.7 Å². The number of hydrogen-bond acceptors (Lipinski definition) is 11. The second-order valence-corrected chi connectivity index (χ2v) is 11.3. The van der Waals surface area contributed by atoms with Gasteiger partial charge in [0.1, 0.15) is 34.9 Å². The summed E-state index contributed by atoms with van der Waals surface area (Å²) in [7, 11) is 0. The van der Waals surface area contributed by atoms with Crippen LogP contribution in [0.25, 0.3) is 0 Å². The van der Waals surface area contributed by atoms with E-state index in [1.165, 1.54) is 16.4 Å². The van der Waals surface area contributed by atoms with E-state index in [4.69, 9.17) is 10.5 Å². The highest BCUT2D eigenvalue weighted by Gasteiger charge is 2.35. The van der Waals surface area contributed by atoms with Gasteiger partial charge in [-0.2, -0.15) is 9.49 Å². The number of hydrazine groups is 1. The lowest BCUT2D eigenvalue weighted by Gasteiger charge is -2.28. The number of carbonyl (C=O) groups excluding carboxylic acids is 3. The minimum Gasteiger partial charge on any atom is -0.442 e. The van der Waals surface area contributed by atoms with E-state index in [0.717, 1.165) is 56.2 Å². The predicted octanol–water partition coefficient (Wildman–Crippen LogP) is 2.39. The Morgan fingerprint density at radius 2 is 2.02 bits per heavy atom. The quantitative estimate of drug-likeness (QED) is 0.137. The average molecular weight is 603 g/mol. The molecule has 42 heavy (non-hydrogen) atoms. The smallest absolute Gasteiger partial charge is 0.309 e. The SMILES string of the molecule is NC(C=O)CC(=O)OCn1cc(C2NC(C(=O)NC3=CN(C4CCCCCC4)NC3c3nc(F)ccc3F)=CS2)cn1. The normalized spacial score (nSPS) is 21.6. The molecular weight excluding hydrogens is 570 g/mol. The number of nitrogens with zero attached hydrogens (tertiary/aromatic N) is 4. The Hall–Kier alpha value is -3.82. The molecule has 224 valence electrons. The van der Waals surface area contributed by atoms with Crippen LogP contribution >= 0.6 is 11.8 Å². The van der Waals surface area contributed by atoms with E-state index in [1.807, 2.05) is 5.01 Å². The molecule has 3 unspecified atom stereocenters. The lowest BCUT2D eigenvalue weighted by Crippen LogP contribution is -2.40. The van der Waals surface area contributed by atoms with Crippen LogP contribution in [0.4, 0.5) is 8.78 Å². The van der Waals surface area contributed by atoms with Gasteiger partial charge < -0.3 is 30.9 Å². The molecule has 0 radical (unpaired) electrons. The van der Waals surface area contributed by atoms with Crippen molar-refractivity contribution in [3.05, 3.63) is 70.6 Å². The zero-order chi connectivity index (χ0) is 29.6. The summed E-state index contributed by atoms with van der Waals surface area (Å²) < 4.78 is 35.3. The summed E-state index contributed by atoms with van der Waals surface area (Å²) in [6, 6.07) is 0.341. The molecule has 15 heteroatoms. The second-order valence-electron chi connectivity index (χ2n) is 10.3. The molecule has 3 atom stereocenters. The third kappa shape index (κ3) is 7.14. The summed E-state index contributed by atoms with van der Waals surface area (Å²) in [6.45, 7) is -0.159.